The molecule has 1 aromatic carbocycles. The number of hydrogen-bond donors (Lipinski definition) is 2. The monoisotopic (exact) mass is 398 g/mol. The lowest BCUT2D eigenvalue weighted by atomic mass is 9.91. The van der Waals surface area contributed by atoms with Crippen LogP contribution in [0.3, 0.4) is 0 Å². The number of ether oxygens (including phenoxy) is 2. The highest BCUT2D eigenvalue weighted by atomic mass is 35.5. The summed E-state index contributed by atoms with van der Waals surface area (Å²) in [7, 11) is 0. The summed E-state index contributed by atoms with van der Waals surface area (Å²) < 4.78 is 11.7. The van der Waals surface area contributed by atoms with E-state index in [1.165, 1.54) is 0 Å². The van der Waals surface area contributed by atoms with Gasteiger partial charge in [-0.1, -0.05) is 26.7 Å². The van der Waals surface area contributed by atoms with E-state index < -0.39 is 0 Å². The molecule has 0 spiro atoms. The summed E-state index contributed by atoms with van der Waals surface area (Å²) >= 11 is 0. The Balaban J connectivity index is 0.00000364. The van der Waals surface area contributed by atoms with Crippen LogP contribution < -0.4 is 20.5 Å². The maximum Gasteiger partial charge on any atom is 0.251 e. The Morgan fingerprint density at radius 3 is 2.22 bits per heavy atom. The number of nitrogens with one attached hydrogen (secondary N) is 1. The standard InChI is InChI=1S/C21H34N2O3.ClH/c1-3-5-13-25-19-12-7-16(15-20(19)26-14-6-4-2)21(24)23-18-10-8-17(22)9-11-18;/h7,12,15,17-18H,3-6,8-11,13-14,22H2,1-2H3,(H,23,24);1H. The lowest BCUT2D eigenvalue weighted by molar-refractivity contribution is 0.0925. The molecule has 5 nitrogen and oxygen atoms in total. The highest BCUT2D eigenvalue weighted by Gasteiger charge is 2.21. The number of halogens is 1. The summed E-state index contributed by atoms with van der Waals surface area (Å²) in [5.74, 6) is 1.33. The molecule has 0 radical (unpaired) electrons. The number of rotatable bonds is 10. The van der Waals surface area contributed by atoms with Gasteiger partial charge in [-0.3, -0.25) is 4.79 Å². The fraction of sp³-hybridized carbons (Fsp3) is 0.667. The van der Waals surface area contributed by atoms with E-state index in [1.54, 1.807) is 6.07 Å². The number of carbonyl (C=O) groups excluding carboxylic acids is 1. The summed E-state index contributed by atoms with van der Waals surface area (Å²) in [6.45, 7) is 5.55. The van der Waals surface area contributed by atoms with Crippen molar-refractivity contribution in [1.29, 1.82) is 0 Å². The molecule has 0 aromatic heterocycles. The van der Waals surface area contributed by atoms with Gasteiger partial charge in [-0.2, -0.15) is 0 Å². The van der Waals surface area contributed by atoms with Crippen LogP contribution in [0.5, 0.6) is 11.5 Å². The maximum atomic E-state index is 12.6. The van der Waals surface area contributed by atoms with Crippen molar-refractivity contribution in [3.8, 4) is 11.5 Å². The molecule has 2 rings (SSSR count). The third kappa shape index (κ3) is 7.97. The molecule has 0 heterocycles. The Hall–Kier alpha value is -1.46. The molecule has 0 bridgehead atoms. The molecule has 1 amide bonds. The van der Waals surface area contributed by atoms with E-state index in [0.29, 0.717) is 24.5 Å². The smallest absolute Gasteiger partial charge is 0.251 e. The zero-order valence-electron chi connectivity index (χ0n) is 16.7. The molecule has 1 aliphatic carbocycles. The SMILES string of the molecule is CCCCOc1ccc(C(=O)NC2CCC(N)CC2)cc1OCCCC.Cl. The first-order valence-electron chi connectivity index (χ1n) is 10.1. The summed E-state index contributed by atoms with van der Waals surface area (Å²) in [6.07, 6.45) is 7.97. The molecular weight excluding hydrogens is 364 g/mol. The second-order valence-corrected chi connectivity index (χ2v) is 7.15. The largest absolute Gasteiger partial charge is 0.490 e. The molecule has 1 saturated carbocycles. The minimum absolute atomic E-state index is 0. The van der Waals surface area contributed by atoms with Gasteiger partial charge in [-0.15, -0.1) is 12.4 Å². The minimum atomic E-state index is -0.0501. The number of benzene rings is 1. The average Bonchev–Trinajstić information content (AvgIpc) is 2.65. The van der Waals surface area contributed by atoms with Gasteiger partial charge >= 0.3 is 0 Å². The maximum absolute atomic E-state index is 12.6. The fourth-order valence-electron chi connectivity index (χ4n) is 3.07. The van der Waals surface area contributed by atoms with Crippen LogP contribution in [0, 0.1) is 0 Å². The molecule has 0 saturated heterocycles. The molecule has 154 valence electrons. The van der Waals surface area contributed by atoms with Gasteiger partial charge in [0.1, 0.15) is 0 Å². The molecule has 1 fully saturated rings. The van der Waals surface area contributed by atoms with Crippen molar-refractivity contribution in [1.82, 2.24) is 5.32 Å². The van der Waals surface area contributed by atoms with Crippen molar-refractivity contribution in [3.63, 3.8) is 0 Å². The summed E-state index contributed by atoms with van der Waals surface area (Å²) in [4.78, 5) is 12.6. The van der Waals surface area contributed by atoms with Gasteiger partial charge in [0.25, 0.3) is 5.91 Å². The molecule has 0 aliphatic heterocycles. The van der Waals surface area contributed by atoms with Crippen LogP contribution in [-0.2, 0) is 0 Å². The van der Waals surface area contributed by atoms with E-state index in [0.717, 1.165) is 57.1 Å². The summed E-state index contributed by atoms with van der Waals surface area (Å²) in [5.41, 5.74) is 6.56. The topological polar surface area (TPSA) is 73.6 Å². The van der Waals surface area contributed by atoms with Gasteiger partial charge in [0, 0.05) is 17.6 Å². The van der Waals surface area contributed by atoms with Crippen LogP contribution in [0.1, 0.15) is 75.6 Å². The Morgan fingerprint density at radius 1 is 1.04 bits per heavy atom. The fourth-order valence-corrected chi connectivity index (χ4v) is 3.07. The lowest BCUT2D eigenvalue weighted by Crippen LogP contribution is -2.40. The molecule has 1 aromatic rings. The van der Waals surface area contributed by atoms with Crippen molar-refractivity contribution in [2.45, 2.75) is 77.3 Å². The quantitative estimate of drug-likeness (QED) is 0.570. The molecule has 0 atom stereocenters. The zero-order valence-corrected chi connectivity index (χ0v) is 17.5. The van der Waals surface area contributed by atoms with Crippen molar-refractivity contribution < 1.29 is 14.3 Å². The van der Waals surface area contributed by atoms with Crippen LogP contribution in [0.4, 0.5) is 0 Å². The Morgan fingerprint density at radius 2 is 1.63 bits per heavy atom. The van der Waals surface area contributed by atoms with E-state index in [2.05, 4.69) is 19.2 Å². The van der Waals surface area contributed by atoms with E-state index in [9.17, 15) is 4.79 Å². The van der Waals surface area contributed by atoms with Gasteiger partial charge in [-0.05, 0) is 56.7 Å². The van der Waals surface area contributed by atoms with Crippen molar-refractivity contribution in [3.05, 3.63) is 23.8 Å². The lowest BCUT2D eigenvalue weighted by Gasteiger charge is -2.26. The van der Waals surface area contributed by atoms with Crippen LogP contribution in [0.2, 0.25) is 0 Å². The van der Waals surface area contributed by atoms with Crippen LogP contribution in [0.15, 0.2) is 18.2 Å². The van der Waals surface area contributed by atoms with E-state index in [4.69, 9.17) is 15.2 Å². The molecule has 3 N–H and O–H groups in total. The molecular formula is C21H35ClN2O3. The van der Waals surface area contributed by atoms with Gasteiger partial charge in [0.05, 0.1) is 13.2 Å². The Bertz CT molecular complexity index is 560. The molecule has 1 aliphatic rings. The van der Waals surface area contributed by atoms with Crippen LogP contribution in [-0.4, -0.2) is 31.2 Å². The molecule has 6 heteroatoms. The van der Waals surface area contributed by atoms with Crippen molar-refractivity contribution in [2.24, 2.45) is 5.73 Å². The van der Waals surface area contributed by atoms with Crippen LogP contribution in [0.25, 0.3) is 0 Å². The first kappa shape index (κ1) is 23.6. The van der Waals surface area contributed by atoms with Crippen LogP contribution >= 0.6 is 12.4 Å². The van der Waals surface area contributed by atoms with E-state index in [-0.39, 0.29) is 30.4 Å². The normalized spacial score (nSPS) is 19.1. The Kier molecular flexibility index (Phi) is 11.2. The van der Waals surface area contributed by atoms with Gasteiger partial charge in [0.2, 0.25) is 0 Å². The summed E-state index contributed by atoms with van der Waals surface area (Å²) in [6, 6.07) is 5.97. The second kappa shape index (κ2) is 12.8. The first-order chi connectivity index (χ1) is 12.6. The number of carbonyl (C=O) groups is 1. The highest BCUT2D eigenvalue weighted by molar-refractivity contribution is 5.95. The minimum Gasteiger partial charge on any atom is -0.490 e. The van der Waals surface area contributed by atoms with Gasteiger partial charge in [0.15, 0.2) is 11.5 Å². The number of amides is 1. The van der Waals surface area contributed by atoms with Gasteiger partial charge < -0.3 is 20.5 Å². The summed E-state index contributed by atoms with van der Waals surface area (Å²) in [5, 5.41) is 3.13. The average molecular weight is 399 g/mol. The van der Waals surface area contributed by atoms with Gasteiger partial charge in [-0.25, -0.2) is 0 Å². The second-order valence-electron chi connectivity index (χ2n) is 7.15. The third-order valence-corrected chi connectivity index (χ3v) is 4.82. The van der Waals surface area contributed by atoms with Crippen molar-refractivity contribution >= 4 is 18.3 Å². The van der Waals surface area contributed by atoms with Crippen molar-refractivity contribution in [2.75, 3.05) is 13.2 Å². The first-order valence-corrected chi connectivity index (χ1v) is 10.1. The third-order valence-electron chi connectivity index (χ3n) is 4.82. The van der Waals surface area contributed by atoms with E-state index in [1.807, 2.05) is 12.1 Å². The zero-order chi connectivity index (χ0) is 18.8. The number of nitrogens with two attached hydrogens (primary N) is 1. The number of hydrogen-bond acceptors (Lipinski definition) is 4. The van der Waals surface area contributed by atoms with E-state index >= 15 is 0 Å². The highest BCUT2D eigenvalue weighted by Crippen LogP contribution is 2.29. The Labute approximate surface area is 169 Å². The number of unbranched alkanes of at least 4 members (excludes halogenated alkanes) is 2. The predicted molar refractivity (Wildman–Crippen MR) is 112 cm³/mol. The molecule has 0 unspecified atom stereocenters. The predicted octanol–water partition coefficient (Wildman–Crippen LogP) is 4.47. The molecule has 27 heavy (non-hydrogen) atoms.